The number of aliphatic hydroxyl groups is 1. The molecule has 1 fully saturated rings. The lowest BCUT2D eigenvalue weighted by Gasteiger charge is -2.20. The third-order valence-electron chi connectivity index (χ3n) is 3.41. The molecule has 1 aliphatic heterocycles. The molecule has 2 N–H and O–H groups in total. The Labute approximate surface area is 124 Å². The lowest BCUT2D eigenvalue weighted by molar-refractivity contribution is -0.139. The fourth-order valence-electron chi connectivity index (χ4n) is 2.44. The summed E-state index contributed by atoms with van der Waals surface area (Å²) in [4.78, 5) is 24.2. The number of alkyl halides is 3. The number of halogens is 3. The van der Waals surface area contributed by atoms with Crippen molar-refractivity contribution >= 4 is 11.8 Å². The molecular formula is C14H15F3N2O3. The SMILES string of the molecule is O=C(CO)NC1CC(=O)N(Cc2ccccc2C(F)(F)F)C1. The molecule has 2 rings (SSSR count). The predicted molar refractivity (Wildman–Crippen MR) is 70.5 cm³/mol. The van der Waals surface area contributed by atoms with Crippen LogP contribution < -0.4 is 5.32 Å². The van der Waals surface area contributed by atoms with Gasteiger partial charge < -0.3 is 15.3 Å². The maximum absolute atomic E-state index is 12.9. The van der Waals surface area contributed by atoms with Gasteiger partial charge in [-0.25, -0.2) is 0 Å². The Hall–Kier alpha value is -2.09. The molecule has 1 saturated heterocycles. The number of hydrogen-bond acceptors (Lipinski definition) is 3. The van der Waals surface area contributed by atoms with Gasteiger partial charge in [0, 0.05) is 19.5 Å². The van der Waals surface area contributed by atoms with E-state index in [2.05, 4.69) is 5.32 Å². The Kier molecular flexibility index (Phi) is 4.70. The number of amides is 2. The molecule has 1 aromatic carbocycles. The number of benzene rings is 1. The summed E-state index contributed by atoms with van der Waals surface area (Å²) in [6.45, 7) is -0.738. The highest BCUT2D eigenvalue weighted by molar-refractivity contribution is 5.82. The van der Waals surface area contributed by atoms with Crippen LogP contribution in [0.3, 0.4) is 0 Å². The highest BCUT2D eigenvalue weighted by atomic mass is 19.4. The molecule has 0 saturated carbocycles. The molecule has 1 aliphatic rings. The summed E-state index contributed by atoms with van der Waals surface area (Å²) in [5, 5.41) is 11.1. The van der Waals surface area contributed by atoms with Crippen LogP contribution in [0.15, 0.2) is 24.3 Å². The monoisotopic (exact) mass is 316 g/mol. The van der Waals surface area contributed by atoms with Crippen LogP contribution in [-0.2, 0) is 22.3 Å². The minimum absolute atomic E-state index is 0.0116. The lowest BCUT2D eigenvalue weighted by atomic mass is 10.1. The largest absolute Gasteiger partial charge is 0.416 e. The van der Waals surface area contributed by atoms with Crippen molar-refractivity contribution in [2.24, 2.45) is 0 Å². The maximum atomic E-state index is 12.9. The maximum Gasteiger partial charge on any atom is 0.416 e. The van der Waals surface area contributed by atoms with E-state index >= 15 is 0 Å². The van der Waals surface area contributed by atoms with Gasteiger partial charge in [-0.2, -0.15) is 13.2 Å². The van der Waals surface area contributed by atoms with Crippen LogP contribution in [0.1, 0.15) is 17.5 Å². The number of carbonyl (C=O) groups excluding carboxylic acids is 2. The van der Waals surface area contributed by atoms with Gasteiger partial charge in [0.15, 0.2) is 0 Å². The Morgan fingerprint density at radius 2 is 2.05 bits per heavy atom. The number of nitrogens with one attached hydrogen (secondary N) is 1. The summed E-state index contributed by atoms with van der Waals surface area (Å²) >= 11 is 0. The van der Waals surface area contributed by atoms with E-state index < -0.39 is 30.3 Å². The van der Waals surface area contributed by atoms with Crippen molar-refractivity contribution in [3.8, 4) is 0 Å². The molecule has 22 heavy (non-hydrogen) atoms. The Balaban J connectivity index is 2.09. The average Bonchev–Trinajstić information content (AvgIpc) is 2.78. The van der Waals surface area contributed by atoms with E-state index in [-0.39, 0.29) is 31.0 Å². The van der Waals surface area contributed by atoms with Crippen molar-refractivity contribution in [3.05, 3.63) is 35.4 Å². The van der Waals surface area contributed by atoms with Crippen molar-refractivity contribution in [2.75, 3.05) is 13.2 Å². The van der Waals surface area contributed by atoms with Crippen molar-refractivity contribution in [2.45, 2.75) is 25.2 Å². The van der Waals surface area contributed by atoms with E-state index in [4.69, 9.17) is 5.11 Å². The molecule has 0 spiro atoms. The summed E-state index contributed by atoms with van der Waals surface area (Å²) < 4.78 is 38.8. The second kappa shape index (κ2) is 6.35. The molecule has 0 radical (unpaired) electrons. The molecular weight excluding hydrogens is 301 g/mol. The summed E-state index contributed by atoms with van der Waals surface area (Å²) in [5.41, 5.74) is -0.761. The van der Waals surface area contributed by atoms with Gasteiger partial charge in [0.2, 0.25) is 11.8 Å². The second-order valence-electron chi connectivity index (χ2n) is 5.06. The van der Waals surface area contributed by atoms with Crippen molar-refractivity contribution in [1.29, 1.82) is 0 Å². The summed E-state index contributed by atoms with van der Waals surface area (Å²) in [7, 11) is 0. The van der Waals surface area contributed by atoms with Crippen LogP contribution in [0, 0.1) is 0 Å². The first-order valence-corrected chi connectivity index (χ1v) is 6.64. The van der Waals surface area contributed by atoms with Crippen molar-refractivity contribution in [3.63, 3.8) is 0 Å². The number of rotatable bonds is 4. The van der Waals surface area contributed by atoms with E-state index in [0.717, 1.165) is 6.07 Å². The molecule has 0 aromatic heterocycles. The number of likely N-dealkylation sites (tertiary alicyclic amines) is 1. The summed E-state index contributed by atoms with van der Waals surface area (Å²) in [5.74, 6) is -0.949. The molecule has 1 heterocycles. The molecule has 120 valence electrons. The van der Waals surface area contributed by atoms with Crippen LogP contribution in [0.4, 0.5) is 13.2 Å². The molecule has 5 nitrogen and oxygen atoms in total. The molecule has 2 amide bonds. The molecule has 0 bridgehead atoms. The first-order valence-electron chi connectivity index (χ1n) is 6.64. The minimum atomic E-state index is -4.48. The lowest BCUT2D eigenvalue weighted by Crippen LogP contribution is -2.38. The number of carbonyl (C=O) groups is 2. The van der Waals surface area contributed by atoms with E-state index in [0.29, 0.717) is 0 Å². The third-order valence-corrected chi connectivity index (χ3v) is 3.41. The smallest absolute Gasteiger partial charge is 0.387 e. The van der Waals surface area contributed by atoms with Gasteiger partial charge in [-0.15, -0.1) is 0 Å². The molecule has 0 aliphatic carbocycles. The highest BCUT2D eigenvalue weighted by Crippen LogP contribution is 2.32. The van der Waals surface area contributed by atoms with Crippen LogP contribution in [0.2, 0.25) is 0 Å². The van der Waals surface area contributed by atoms with Crippen molar-refractivity contribution < 1.29 is 27.9 Å². The number of hydrogen-bond donors (Lipinski definition) is 2. The van der Waals surface area contributed by atoms with Gasteiger partial charge in [0.25, 0.3) is 0 Å². The molecule has 8 heteroatoms. The van der Waals surface area contributed by atoms with E-state index in [1.807, 2.05) is 0 Å². The minimum Gasteiger partial charge on any atom is -0.387 e. The zero-order valence-electron chi connectivity index (χ0n) is 11.6. The highest BCUT2D eigenvalue weighted by Gasteiger charge is 2.35. The first kappa shape index (κ1) is 16.3. The molecule has 1 atom stereocenters. The van der Waals surface area contributed by atoms with Gasteiger partial charge >= 0.3 is 6.18 Å². The van der Waals surface area contributed by atoms with Crippen LogP contribution in [0.25, 0.3) is 0 Å². The van der Waals surface area contributed by atoms with Crippen molar-refractivity contribution in [1.82, 2.24) is 10.2 Å². The quantitative estimate of drug-likeness (QED) is 0.868. The van der Waals surface area contributed by atoms with Gasteiger partial charge in [0.05, 0.1) is 11.6 Å². The fraction of sp³-hybridized carbons (Fsp3) is 0.429. The van der Waals surface area contributed by atoms with Gasteiger partial charge in [-0.3, -0.25) is 9.59 Å². The topological polar surface area (TPSA) is 69.6 Å². The predicted octanol–water partition coefficient (Wildman–Crippen LogP) is 0.915. The normalized spacial score (nSPS) is 18.6. The van der Waals surface area contributed by atoms with Gasteiger partial charge in [-0.05, 0) is 11.6 Å². The van der Waals surface area contributed by atoms with Crippen LogP contribution >= 0.6 is 0 Å². The van der Waals surface area contributed by atoms with Crippen LogP contribution in [-0.4, -0.2) is 41.0 Å². The van der Waals surface area contributed by atoms with E-state index in [1.54, 1.807) is 0 Å². The average molecular weight is 316 g/mol. The van der Waals surface area contributed by atoms with Crippen LogP contribution in [0.5, 0.6) is 0 Å². The Morgan fingerprint density at radius 3 is 2.68 bits per heavy atom. The van der Waals surface area contributed by atoms with E-state index in [9.17, 15) is 22.8 Å². The summed E-state index contributed by atoms with van der Waals surface area (Å²) in [6, 6.07) is 4.58. The Morgan fingerprint density at radius 1 is 1.36 bits per heavy atom. The zero-order valence-corrected chi connectivity index (χ0v) is 11.6. The number of aliphatic hydroxyl groups excluding tert-OH is 1. The third kappa shape index (κ3) is 3.76. The zero-order chi connectivity index (χ0) is 16.3. The second-order valence-corrected chi connectivity index (χ2v) is 5.06. The van der Waals surface area contributed by atoms with Gasteiger partial charge in [0.1, 0.15) is 6.61 Å². The Bertz CT molecular complexity index is 575. The first-order chi connectivity index (χ1) is 10.3. The standard InChI is InChI=1S/C14H15F3N2O3/c15-14(16,17)11-4-2-1-3-9(11)6-19-7-10(5-13(19)22)18-12(21)8-20/h1-4,10,20H,5-8H2,(H,18,21). The number of nitrogens with zero attached hydrogens (tertiary/aromatic N) is 1. The fourth-order valence-corrected chi connectivity index (χ4v) is 2.44. The summed E-state index contributed by atoms with van der Waals surface area (Å²) in [6.07, 6.45) is -4.47. The van der Waals surface area contributed by atoms with E-state index in [1.165, 1.54) is 23.1 Å². The molecule has 1 aromatic rings. The molecule has 1 unspecified atom stereocenters. The van der Waals surface area contributed by atoms with Gasteiger partial charge in [-0.1, -0.05) is 18.2 Å².